The molecule has 162 valence electrons. The van der Waals surface area contributed by atoms with Gasteiger partial charge in [-0.25, -0.2) is 9.97 Å². The van der Waals surface area contributed by atoms with Crippen molar-refractivity contribution < 1.29 is 9.59 Å². The van der Waals surface area contributed by atoms with Gasteiger partial charge in [0.05, 0.1) is 5.39 Å². The lowest BCUT2D eigenvalue weighted by Gasteiger charge is -2.10. The van der Waals surface area contributed by atoms with E-state index < -0.39 is 5.91 Å². The number of hydrogen-bond acceptors (Lipinski definition) is 6. The van der Waals surface area contributed by atoms with E-state index >= 15 is 0 Å². The first-order valence-corrected chi connectivity index (χ1v) is 11.0. The summed E-state index contributed by atoms with van der Waals surface area (Å²) >= 11 is 1.63. The van der Waals surface area contributed by atoms with Crippen molar-refractivity contribution in [2.24, 2.45) is 5.73 Å². The van der Waals surface area contributed by atoms with Gasteiger partial charge in [-0.05, 0) is 43.7 Å². The maximum absolute atomic E-state index is 12.3. The van der Waals surface area contributed by atoms with Crippen LogP contribution in [0.3, 0.4) is 0 Å². The predicted octanol–water partition coefficient (Wildman–Crippen LogP) is 4.51. The van der Waals surface area contributed by atoms with Crippen LogP contribution in [-0.2, 0) is 4.79 Å². The van der Waals surface area contributed by atoms with Crippen LogP contribution in [-0.4, -0.2) is 28.3 Å². The van der Waals surface area contributed by atoms with E-state index in [-0.39, 0.29) is 12.3 Å². The van der Waals surface area contributed by atoms with Crippen molar-refractivity contribution in [3.8, 4) is 11.1 Å². The highest BCUT2D eigenvalue weighted by molar-refractivity contribution is 7.19. The van der Waals surface area contributed by atoms with Crippen LogP contribution in [0, 0.1) is 13.8 Å². The topological polar surface area (TPSA) is 110 Å². The Kier molecular flexibility index (Phi) is 6.13. The Labute approximate surface area is 189 Å². The number of nitrogens with two attached hydrogens (primary N) is 1. The number of thiophene rings is 1. The highest BCUT2D eigenvalue weighted by atomic mass is 32.1. The lowest BCUT2D eigenvalue weighted by Crippen LogP contribution is -2.17. The molecule has 0 saturated carbocycles. The zero-order chi connectivity index (χ0) is 22.7. The van der Waals surface area contributed by atoms with Gasteiger partial charge < -0.3 is 16.4 Å². The van der Waals surface area contributed by atoms with Crippen LogP contribution in [0.25, 0.3) is 21.3 Å². The van der Waals surface area contributed by atoms with Gasteiger partial charge in [-0.1, -0.05) is 29.8 Å². The molecule has 0 aliphatic rings. The summed E-state index contributed by atoms with van der Waals surface area (Å²) < 4.78 is 0. The molecule has 2 aromatic carbocycles. The number of anilines is 2. The number of carbonyl (C=O) groups excluding carboxylic acids is 2. The second kappa shape index (κ2) is 9.15. The number of primary amides is 1. The number of amides is 2. The van der Waals surface area contributed by atoms with Crippen LogP contribution in [0.4, 0.5) is 11.5 Å². The highest BCUT2D eigenvalue weighted by Crippen LogP contribution is 2.40. The summed E-state index contributed by atoms with van der Waals surface area (Å²) in [5, 5.41) is 7.09. The zero-order valence-electron chi connectivity index (χ0n) is 17.8. The third-order valence-corrected chi connectivity index (χ3v) is 6.12. The van der Waals surface area contributed by atoms with Crippen molar-refractivity contribution in [2.75, 3.05) is 17.2 Å². The molecular weight excluding hydrogens is 422 g/mol. The van der Waals surface area contributed by atoms with Crippen LogP contribution in [0.2, 0.25) is 0 Å². The van der Waals surface area contributed by atoms with Crippen LogP contribution < -0.4 is 16.4 Å². The maximum Gasteiger partial charge on any atom is 0.248 e. The Morgan fingerprint density at radius 2 is 1.72 bits per heavy atom. The Morgan fingerprint density at radius 1 is 1.00 bits per heavy atom. The second-order valence-corrected chi connectivity index (χ2v) is 8.67. The summed E-state index contributed by atoms with van der Waals surface area (Å²) in [7, 11) is 0. The summed E-state index contributed by atoms with van der Waals surface area (Å²) in [6, 6.07) is 14.9. The van der Waals surface area contributed by atoms with E-state index in [1.54, 1.807) is 41.9 Å². The Balaban J connectivity index is 1.47. The first-order valence-electron chi connectivity index (χ1n) is 10.2. The number of nitrogens with zero attached hydrogens (tertiary/aromatic N) is 2. The molecular formula is C24H23N5O2S. The first-order chi connectivity index (χ1) is 15.4. The molecule has 0 aliphatic heterocycles. The number of rotatable bonds is 7. The molecule has 0 fully saturated rings. The first kappa shape index (κ1) is 21.5. The molecule has 2 aromatic heterocycles. The minimum absolute atomic E-state index is 0.144. The number of aryl methyl sites for hydroxylation is 2. The molecule has 0 bridgehead atoms. The third-order valence-electron chi connectivity index (χ3n) is 5.10. The minimum Gasteiger partial charge on any atom is -0.369 e. The quantitative estimate of drug-likeness (QED) is 0.388. The fraction of sp³-hybridized carbons (Fsp3) is 0.167. The molecule has 0 radical (unpaired) electrons. The van der Waals surface area contributed by atoms with E-state index in [0.29, 0.717) is 23.6 Å². The van der Waals surface area contributed by atoms with Crippen molar-refractivity contribution in [2.45, 2.75) is 20.3 Å². The molecule has 0 aliphatic carbocycles. The Morgan fingerprint density at radius 3 is 2.41 bits per heavy atom. The van der Waals surface area contributed by atoms with Gasteiger partial charge in [0.25, 0.3) is 0 Å². The largest absolute Gasteiger partial charge is 0.369 e. The SMILES string of the molecule is Cc1ccc(-c2c(C)sc3ncnc(NCCC(=O)Nc4ccc(C(N)=O)cc4)c23)cc1. The van der Waals surface area contributed by atoms with Gasteiger partial charge in [0.2, 0.25) is 11.8 Å². The summed E-state index contributed by atoms with van der Waals surface area (Å²) in [6.45, 7) is 4.57. The van der Waals surface area contributed by atoms with Crippen molar-refractivity contribution >= 4 is 44.9 Å². The van der Waals surface area contributed by atoms with E-state index in [1.807, 2.05) is 0 Å². The van der Waals surface area contributed by atoms with Gasteiger partial charge in [-0.15, -0.1) is 11.3 Å². The normalized spacial score (nSPS) is 10.8. The van der Waals surface area contributed by atoms with Crippen LogP contribution in [0.1, 0.15) is 27.2 Å². The second-order valence-electron chi connectivity index (χ2n) is 7.47. The lowest BCUT2D eigenvalue weighted by molar-refractivity contribution is -0.115. The lowest BCUT2D eigenvalue weighted by atomic mass is 10.0. The maximum atomic E-state index is 12.3. The van der Waals surface area contributed by atoms with Gasteiger partial charge in [-0.3, -0.25) is 9.59 Å². The molecule has 4 rings (SSSR count). The van der Waals surface area contributed by atoms with Crippen molar-refractivity contribution in [1.29, 1.82) is 0 Å². The fourth-order valence-electron chi connectivity index (χ4n) is 3.48. The average Bonchev–Trinajstić information content (AvgIpc) is 3.11. The Bertz CT molecular complexity index is 1280. The number of benzene rings is 2. The van der Waals surface area contributed by atoms with Crippen molar-refractivity contribution in [1.82, 2.24) is 9.97 Å². The molecule has 2 amide bonds. The molecule has 32 heavy (non-hydrogen) atoms. The molecule has 0 unspecified atom stereocenters. The van der Waals surface area contributed by atoms with Gasteiger partial charge in [0, 0.05) is 34.7 Å². The van der Waals surface area contributed by atoms with Crippen LogP contribution in [0.5, 0.6) is 0 Å². The monoisotopic (exact) mass is 445 g/mol. The summed E-state index contributed by atoms with van der Waals surface area (Å²) in [4.78, 5) is 34.5. The van der Waals surface area contributed by atoms with E-state index in [0.717, 1.165) is 21.3 Å². The summed E-state index contributed by atoms with van der Waals surface area (Å²) in [5.41, 5.74) is 9.69. The van der Waals surface area contributed by atoms with Crippen LogP contribution in [0.15, 0.2) is 54.9 Å². The Hall–Kier alpha value is -3.78. The molecule has 2 heterocycles. The molecule has 4 N–H and O–H groups in total. The van der Waals surface area contributed by atoms with Gasteiger partial charge in [0.15, 0.2) is 0 Å². The molecule has 0 spiro atoms. The van der Waals surface area contributed by atoms with Gasteiger partial charge >= 0.3 is 0 Å². The third kappa shape index (κ3) is 4.60. The molecule has 8 heteroatoms. The standard InChI is InChI=1S/C24H23N5O2S/c1-14-3-5-16(6-4-14)20-15(2)32-24-21(20)23(27-13-28-24)26-12-11-19(30)29-18-9-7-17(8-10-18)22(25)31/h3-10,13H,11-12H2,1-2H3,(H2,25,31)(H,29,30)(H,26,27,28). The number of hydrogen-bond donors (Lipinski definition) is 3. The van der Waals surface area contributed by atoms with Crippen LogP contribution >= 0.6 is 11.3 Å². The van der Waals surface area contributed by atoms with E-state index in [1.165, 1.54) is 10.4 Å². The summed E-state index contributed by atoms with van der Waals surface area (Å²) in [6.07, 6.45) is 1.80. The fourth-order valence-corrected chi connectivity index (χ4v) is 4.49. The molecule has 0 saturated heterocycles. The van der Waals surface area contributed by atoms with E-state index in [2.05, 4.69) is 58.7 Å². The molecule has 4 aromatic rings. The summed E-state index contributed by atoms with van der Waals surface area (Å²) in [5.74, 6) is 0.0698. The van der Waals surface area contributed by atoms with Gasteiger partial charge in [-0.2, -0.15) is 0 Å². The predicted molar refractivity (Wildman–Crippen MR) is 129 cm³/mol. The number of fused-ring (bicyclic) bond motifs is 1. The molecule has 0 atom stereocenters. The van der Waals surface area contributed by atoms with Gasteiger partial charge in [0.1, 0.15) is 17.0 Å². The number of aromatic nitrogens is 2. The average molecular weight is 446 g/mol. The minimum atomic E-state index is -0.503. The highest BCUT2D eigenvalue weighted by Gasteiger charge is 2.17. The molecule has 7 nitrogen and oxygen atoms in total. The zero-order valence-corrected chi connectivity index (χ0v) is 18.6. The van der Waals surface area contributed by atoms with E-state index in [9.17, 15) is 9.59 Å². The number of carbonyl (C=O) groups is 2. The van der Waals surface area contributed by atoms with Crippen molar-refractivity contribution in [3.05, 3.63) is 70.9 Å². The van der Waals surface area contributed by atoms with E-state index in [4.69, 9.17) is 5.73 Å². The van der Waals surface area contributed by atoms with Crippen molar-refractivity contribution in [3.63, 3.8) is 0 Å². The smallest absolute Gasteiger partial charge is 0.248 e. The number of nitrogens with one attached hydrogen (secondary N) is 2.